The van der Waals surface area contributed by atoms with Gasteiger partial charge in [-0.2, -0.15) is 0 Å². The highest BCUT2D eigenvalue weighted by atomic mass is 16.5. The van der Waals surface area contributed by atoms with Gasteiger partial charge in [0.1, 0.15) is 11.9 Å². The third-order valence-electron chi connectivity index (χ3n) is 2.85. The normalized spacial score (nSPS) is 24.1. The lowest BCUT2D eigenvalue weighted by Gasteiger charge is -2.24. The first-order valence-electron chi connectivity index (χ1n) is 5.92. The highest BCUT2D eigenvalue weighted by molar-refractivity contribution is 5.30. The van der Waals surface area contributed by atoms with Crippen LogP contribution in [0.4, 0.5) is 0 Å². The number of ether oxygens (including phenoxy) is 2. The lowest BCUT2D eigenvalue weighted by atomic mass is 10.0. The molecule has 0 saturated carbocycles. The van der Waals surface area contributed by atoms with Crippen LogP contribution in [0.25, 0.3) is 0 Å². The van der Waals surface area contributed by atoms with Crippen molar-refractivity contribution in [2.24, 2.45) is 0 Å². The summed E-state index contributed by atoms with van der Waals surface area (Å²) >= 11 is 0. The average molecular weight is 230 g/mol. The van der Waals surface area contributed by atoms with Gasteiger partial charge in [0, 0.05) is 0 Å². The van der Waals surface area contributed by atoms with Crippen molar-refractivity contribution in [2.45, 2.75) is 25.6 Å². The minimum absolute atomic E-state index is 0.0517. The van der Waals surface area contributed by atoms with Gasteiger partial charge in [-0.15, -0.1) is 0 Å². The van der Waals surface area contributed by atoms with Gasteiger partial charge >= 0.3 is 0 Å². The van der Waals surface area contributed by atoms with Crippen molar-refractivity contribution < 1.29 is 9.47 Å². The Balaban J connectivity index is 2.11. The van der Waals surface area contributed by atoms with E-state index in [1.807, 2.05) is 37.3 Å². The predicted molar refractivity (Wildman–Crippen MR) is 69.2 cm³/mol. The van der Waals surface area contributed by atoms with E-state index in [9.17, 15) is 0 Å². The van der Waals surface area contributed by atoms with E-state index in [4.69, 9.17) is 9.47 Å². The quantitative estimate of drug-likeness (QED) is 0.738. The van der Waals surface area contributed by atoms with Crippen LogP contribution < -0.4 is 4.74 Å². The molecule has 2 rings (SSSR count). The third-order valence-corrected chi connectivity index (χ3v) is 2.85. The molecule has 17 heavy (non-hydrogen) atoms. The van der Waals surface area contributed by atoms with Gasteiger partial charge in [-0.3, -0.25) is 0 Å². The second-order valence-corrected chi connectivity index (χ2v) is 4.06. The Hall–Kier alpha value is -1.54. The number of benzene rings is 1. The molecule has 2 nitrogen and oxygen atoms in total. The van der Waals surface area contributed by atoms with Gasteiger partial charge in [0.2, 0.25) is 0 Å². The van der Waals surface area contributed by atoms with Crippen molar-refractivity contribution in [1.29, 1.82) is 0 Å². The van der Waals surface area contributed by atoms with Crippen molar-refractivity contribution in [3.05, 3.63) is 54.1 Å². The summed E-state index contributed by atoms with van der Waals surface area (Å²) < 4.78 is 11.1. The molecule has 0 bridgehead atoms. The van der Waals surface area contributed by atoms with E-state index in [0.29, 0.717) is 0 Å². The largest absolute Gasteiger partial charge is 0.497 e. The fourth-order valence-electron chi connectivity index (χ4n) is 1.95. The van der Waals surface area contributed by atoms with Crippen molar-refractivity contribution in [3.63, 3.8) is 0 Å². The summed E-state index contributed by atoms with van der Waals surface area (Å²) in [6.45, 7) is 2.02. The summed E-state index contributed by atoms with van der Waals surface area (Å²) in [5.41, 5.74) is 1.16. The molecule has 90 valence electrons. The third kappa shape index (κ3) is 2.98. The smallest absolute Gasteiger partial charge is 0.118 e. The standard InChI is InChI=1S/C15H18O2/c1-3-5-14-6-4-7-15(17-14)12-8-10-13(16-2)11-9-12/h3-5,7-11,14-15H,6H2,1-2H3/b5-3+/t14-,15-/m0/s1. The van der Waals surface area contributed by atoms with Crippen LogP contribution in [0.1, 0.15) is 25.0 Å². The van der Waals surface area contributed by atoms with Gasteiger partial charge in [-0.25, -0.2) is 0 Å². The summed E-state index contributed by atoms with van der Waals surface area (Å²) in [7, 11) is 1.67. The van der Waals surface area contributed by atoms with Crippen molar-refractivity contribution in [2.75, 3.05) is 7.11 Å². The summed E-state index contributed by atoms with van der Waals surface area (Å²) in [4.78, 5) is 0. The minimum Gasteiger partial charge on any atom is -0.497 e. The Morgan fingerprint density at radius 3 is 2.71 bits per heavy atom. The number of hydrogen-bond donors (Lipinski definition) is 0. The maximum Gasteiger partial charge on any atom is 0.118 e. The summed E-state index contributed by atoms with van der Waals surface area (Å²) in [6, 6.07) is 8.02. The van der Waals surface area contributed by atoms with E-state index < -0.39 is 0 Å². The topological polar surface area (TPSA) is 18.5 Å². The van der Waals surface area contributed by atoms with E-state index in [0.717, 1.165) is 17.7 Å². The van der Waals surface area contributed by atoms with Crippen molar-refractivity contribution >= 4 is 0 Å². The molecule has 0 saturated heterocycles. The lowest BCUT2D eigenvalue weighted by Crippen LogP contribution is -2.16. The fraction of sp³-hybridized carbons (Fsp3) is 0.333. The molecule has 1 aromatic rings. The molecule has 0 N–H and O–H groups in total. The van der Waals surface area contributed by atoms with E-state index >= 15 is 0 Å². The molecule has 0 amide bonds. The zero-order valence-electron chi connectivity index (χ0n) is 10.3. The Morgan fingerprint density at radius 2 is 2.06 bits per heavy atom. The van der Waals surface area contributed by atoms with Crippen LogP contribution in [-0.4, -0.2) is 13.2 Å². The second kappa shape index (κ2) is 5.69. The zero-order chi connectivity index (χ0) is 12.1. The molecule has 1 aliphatic rings. The number of rotatable bonds is 3. The first kappa shape index (κ1) is 11.9. The van der Waals surface area contributed by atoms with E-state index in [-0.39, 0.29) is 12.2 Å². The van der Waals surface area contributed by atoms with Crippen molar-refractivity contribution in [3.8, 4) is 5.75 Å². The van der Waals surface area contributed by atoms with Crippen LogP contribution in [-0.2, 0) is 4.74 Å². The van der Waals surface area contributed by atoms with Gasteiger partial charge in [0.25, 0.3) is 0 Å². The first-order chi connectivity index (χ1) is 8.33. The SMILES string of the molecule is C/C=C/[C@H]1CC=C[C@@H](c2ccc(OC)cc2)O1. The molecule has 2 atom stereocenters. The van der Waals surface area contributed by atoms with Crippen LogP contribution in [0.15, 0.2) is 48.6 Å². The Labute approximate surface area is 103 Å². The number of methoxy groups -OCH3 is 1. The van der Waals surface area contributed by atoms with Crippen LogP contribution in [0, 0.1) is 0 Å². The number of allylic oxidation sites excluding steroid dienone is 1. The van der Waals surface area contributed by atoms with Gasteiger partial charge < -0.3 is 9.47 Å². The maximum atomic E-state index is 5.97. The molecule has 1 heterocycles. The van der Waals surface area contributed by atoms with Gasteiger partial charge in [-0.05, 0) is 31.0 Å². The molecule has 0 radical (unpaired) electrons. The molecule has 0 aromatic heterocycles. The Kier molecular flexibility index (Phi) is 3.99. The summed E-state index contributed by atoms with van der Waals surface area (Å²) in [5, 5.41) is 0. The Morgan fingerprint density at radius 1 is 1.29 bits per heavy atom. The summed E-state index contributed by atoms with van der Waals surface area (Å²) in [5.74, 6) is 0.874. The molecule has 2 heteroatoms. The van der Waals surface area contributed by atoms with Gasteiger partial charge in [0.15, 0.2) is 0 Å². The van der Waals surface area contributed by atoms with Crippen LogP contribution in [0.3, 0.4) is 0 Å². The van der Waals surface area contributed by atoms with Gasteiger partial charge in [-0.1, -0.05) is 36.4 Å². The highest BCUT2D eigenvalue weighted by Gasteiger charge is 2.17. The van der Waals surface area contributed by atoms with E-state index in [1.54, 1.807) is 7.11 Å². The molecule has 0 fully saturated rings. The van der Waals surface area contributed by atoms with E-state index in [1.165, 1.54) is 0 Å². The first-order valence-corrected chi connectivity index (χ1v) is 5.92. The van der Waals surface area contributed by atoms with E-state index in [2.05, 4.69) is 18.2 Å². The minimum atomic E-state index is 0.0517. The predicted octanol–water partition coefficient (Wildman–Crippen LogP) is 3.66. The molecule has 0 aliphatic carbocycles. The Bertz CT molecular complexity index is 403. The monoisotopic (exact) mass is 230 g/mol. The molecule has 0 unspecified atom stereocenters. The number of hydrogen-bond acceptors (Lipinski definition) is 2. The lowest BCUT2D eigenvalue weighted by molar-refractivity contribution is 0.0333. The van der Waals surface area contributed by atoms with Crippen LogP contribution >= 0.6 is 0 Å². The summed E-state index contributed by atoms with van der Waals surface area (Å²) in [6.07, 6.45) is 9.63. The van der Waals surface area contributed by atoms with Crippen LogP contribution in [0.2, 0.25) is 0 Å². The maximum absolute atomic E-state index is 5.97. The molecule has 1 aliphatic heterocycles. The second-order valence-electron chi connectivity index (χ2n) is 4.06. The molecular formula is C15H18O2. The molecule has 0 spiro atoms. The fourth-order valence-corrected chi connectivity index (χ4v) is 1.95. The van der Waals surface area contributed by atoms with Crippen LogP contribution in [0.5, 0.6) is 5.75 Å². The molecule has 1 aromatic carbocycles. The highest BCUT2D eigenvalue weighted by Crippen LogP contribution is 2.27. The zero-order valence-corrected chi connectivity index (χ0v) is 10.3. The van der Waals surface area contributed by atoms with Gasteiger partial charge in [0.05, 0.1) is 13.2 Å². The average Bonchev–Trinajstić information content (AvgIpc) is 2.40. The molecular weight excluding hydrogens is 212 g/mol. The van der Waals surface area contributed by atoms with Crippen molar-refractivity contribution in [1.82, 2.24) is 0 Å².